The van der Waals surface area contributed by atoms with Crippen LogP contribution in [0.25, 0.3) is 44.7 Å². The van der Waals surface area contributed by atoms with E-state index in [0.29, 0.717) is 0 Å². The van der Waals surface area contributed by atoms with Crippen LogP contribution in [0.4, 0.5) is 5.69 Å². The number of para-hydroxylation sites is 1. The van der Waals surface area contributed by atoms with Crippen molar-refractivity contribution >= 4 is 27.6 Å². The summed E-state index contributed by atoms with van der Waals surface area (Å²) in [5.74, 6) is 0.764. The molecule has 8 nitrogen and oxygen atoms in total. The van der Waals surface area contributed by atoms with Crippen molar-refractivity contribution < 1.29 is 0 Å². The van der Waals surface area contributed by atoms with Crippen molar-refractivity contribution in [2.75, 3.05) is 18.0 Å². The van der Waals surface area contributed by atoms with E-state index in [1.165, 1.54) is 24.9 Å². The Kier molecular flexibility index (Phi) is 3.62. The molecule has 0 saturated carbocycles. The fourth-order valence-corrected chi connectivity index (χ4v) is 4.17. The fourth-order valence-electron chi connectivity index (χ4n) is 4.17. The Bertz CT molecular complexity index is 1290. The maximum Gasteiger partial charge on any atom is 0.159 e. The topological polar surface area (TPSA) is 102 Å². The lowest BCUT2D eigenvalue weighted by atomic mass is 10.1. The van der Waals surface area contributed by atoms with Gasteiger partial charge in [0.05, 0.1) is 34.8 Å². The minimum absolute atomic E-state index is 0.764. The summed E-state index contributed by atoms with van der Waals surface area (Å²) in [6.07, 6.45) is 9.18. The second kappa shape index (κ2) is 6.44. The van der Waals surface area contributed by atoms with E-state index in [2.05, 4.69) is 53.5 Å². The first-order chi connectivity index (χ1) is 14.4. The molecule has 0 unspecified atom stereocenters. The molecular weight excluding hydrogens is 364 g/mol. The molecule has 1 aromatic carbocycles. The van der Waals surface area contributed by atoms with Crippen LogP contribution in [0.15, 0.2) is 42.9 Å². The summed E-state index contributed by atoms with van der Waals surface area (Å²) in [4.78, 5) is 15.4. The van der Waals surface area contributed by atoms with Crippen molar-refractivity contribution in [2.24, 2.45) is 0 Å². The number of hydrogen-bond acceptors (Lipinski definition) is 5. The predicted octanol–water partition coefficient (Wildman–Crippen LogP) is 3.88. The summed E-state index contributed by atoms with van der Waals surface area (Å²) in [7, 11) is 0. The Morgan fingerprint density at radius 1 is 1.00 bits per heavy atom. The van der Waals surface area contributed by atoms with Crippen molar-refractivity contribution in [2.45, 2.75) is 19.3 Å². The third-order valence-electron chi connectivity index (χ3n) is 5.65. The highest BCUT2D eigenvalue weighted by atomic mass is 15.2. The van der Waals surface area contributed by atoms with Crippen LogP contribution >= 0.6 is 0 Å². The molecule has 1 fully saturated rings. The van der Waals surface area contributed by atoms with Gasteiger partial charge in [0, 0.05) is 30.2 Å². The molecule has 1 aliphatic rings. The summed E-state index contributed by atoms with van der Waals surface area (Å²) in [6, 6.07) is 8.37. The second-order valence-corrected chi connectivity index (χ2v) is 7.48. The molecule has 8 heteroatoms. The van der Waals surface area contributed by atoms with Gasteiger partial charge in [0.15, 0.2) is 5.82 Å². The van der Waals surface area contributed by atoms with Crippen LogP contribution in [-0.4, -0.2) is 48.4 Å². The molecule has 144 valence electrons. The quantitative estimate of drug-likeness (QED) is 0.438. The van der Waals surface area contributed by atoms with Gasteiger partial charge >= 0.3 is 0 Å². The number of aromatic amines is 3. The van der Waals surface area contributed by atoms with Crippen LogP contribution in [0.5, 0.6) is 0 Å². The molecule has 3 N–H and O–H groups in total. The Hall–Kier alpha value is -3.68. The number of aromatic nitrogens is 7. The zero-order valence-corrected chi connectivity index (χ0v) is 15.8. The maximum absolute atomic E-state index is 4.95. The van der Waals surface area contributed by atoms with Crippen molar-refractivity contribution in [3.63, 3.8) is 0 Å². The Morgan fingerprint density at radius 3 is 2.79 bits per heavy atom. The number of nitrogens with zero attached hydrogens (tertiary/aromatic N) is 5. The molecule has 5 heterocycles. The molecule has 29 heavy (non-hydrogen) atoms. The van der Waals surface area contributed by atoms with Crippen molar-refractivity contribution in [1.82, 2.24) is 35.3 Å². The molecule has 0 atom stereocenters. The van der Waals surface area contributed by atoms with E-state index >= 15 is 0 Å². The van der Waals surface area contributed by atoms with Crippen molar-refractivity contribution in [1.29, 1.82) is 0 Å². The maximum atomic E-state index is 4.95. The van der Waals surface area contributed by atoms with E-state index in [-0.39, 0.29) is 0 Å². The van der Waals surface area contributed by atoms with E-state index in [1.54, 1.807) is 12.4 Å². The summed E-state index contributed by atoms with van der Waals surface area (Å²) in [5, 5.41) is 15.4. The highest BCUT2D eigenvalue weighted by Gasteiger charge is 2.19. The first-order valence-electron chi connectivity index (χ1n) is 9.94. The number of nitrogens with one attached hydrogen (secondary N) is 3. The molecule has 0 bridgehead atoms. The predicted molar refractivity (Wildman–Crippen MR) is 113 cm³/mol. The number of fused-ring (bicyclic) bond motifs is 2. The Balaban J connectivity index is 1.48. The average Bonchev–Trinajstić information content (AvgIpc) is 3.52. The fraction of sp³-hybridized carbons (Fsp3) is 0.238. The third-order valence-corrected chi connectivity index (χ3v) is 5.65. The normalized spacial score (nSPS) is 14.8. The van der Waals surface area contributed by atoms with Crippen LogP contribution in [0.2, 0.25) is 0 Å². The lowest BCUT2D eigenvalue weighted by Crippen LogP contribution is -2.29. The van der Waals surface area contributed by atoms with E-state index in [4.69, 9.17) is 4.98 Å². The standard InChI is InChI=1S/C21H20N8/c1-2-7-29(8-3-1)18-6-4-5-15-20(18)26-21(25-15)19-14-9-16(13-10-23-24-11-13)22-12-17(14)27-28-19/h4-6,9-12H,1-3,7-8H2,(H,23,24)(H,25,26)(H,27,28). The number of imidazole rings is 1. The zero-order chi connectivity index (χ0) is 19.2. The average molecular weight is 384 g/mol. The summed E-state index contributed by atoms with van der Waals surface area (Å²) in [5.41, 5.74) is 6.70. The van der Waals surface area contributed by atoms with E-state index in [1.807, 2.05) is 12.3 Å². The number of piperidine rings is 1. The van der Waals surface area contributed by atoms with Crippen LogP contribution in [0.1, 0.15) is 19.3 Å². The molecule has 0 radical (unpaired) electrons. The van der Waals surface area contributed by atoms with Gasteiger partial charge in [-0.05, 0) is 37.5 Å². The molecule has 1 aliphatic heterocycles. The monoisotopic (exact) mass is 384 g/mol. The van der Waals surface area contributed by atoms with E-state index in [0.717, 1.165) is 57.8 Å². The first kappa shape index (κ1) is 16.3. The van der Waals surface area contributed by atoms with Gasteiger partial charge in [-0.15, -0.1) is 0 Å². The number of rotatable bonds is 3. The van der Waals surface area contributed by atoms with E-state index in [9.17, 15) is 0 Å². The number of hydrogen-bond donors (Lipinski definition) is 3. The lowest BCUT2D eigenvalue weighted by Gasteiger charge is -2.28. The lowest BCUT2D eigenvalue weighted by molar-refractivity contribution is 0.579. The molecule has 5 aromatic rings. The second-order valence-electron chi connectivity index (χ2n) is 7.48. The van der Waals surface area contributed by atoms with Gasteiger partial charge in [-0.3, -0.25) is 15.2 Å². The SMILES string of the molecule is c1cc(N2CCCCC2)c2nc(-c3n[nH]c4cnc(-c5cn[nH]c5)cc34)[nH]c2c1. The molecule has 0 amide bonds. The van der Waals surface area contributed by atoms with Gasteiger partial charge in [-0.2, -0.15) is 10.2 Å². The van der Waals surface area contributed by atoms with Gasteiger partial charge in [0.2, 0.25) is 0 Å². The van der Waals surface area contributed by atoms with E-state index < -0.39 is 0 Å². The van der Waals surface area contributed by atoms with Crippen LogP contribution in [0.3, 0.4) is 0 Å². The number of anilines is 1. The summed E-state index contributed by atoms with van der Waals surface area (Å²) < 4.78 is 0. The van der Waals surface area contributed by atoms with Gasteiger partial charge < -0.3 is 9.88 Å². The largest absolute Gasteiger partial charge is 0.370 e. The van der Waals surface area contributed by atoms with Gasteiger partial charge in [-0.1, -0.05) is 6.07 Å². The first-order valence-corrected chi connectivity index (χ1v) is 9.94. The van der Waals surface area contributed by atoms with Crippen molar-refractivity contribution in [3.05, 3.63) is 42.9 Å². The molecule has 0 spiro atoms. The highest BCUT2D eigenvalue weighted by molar-refractivity contribution is 5.96. The number of pyridine rings is 1. The van der Waals surface area contributed by atoms with Gasteiger partial charge in [0.25, 0.3) is 0 Å². The number of H-pyrrole nitrogens is 3. The molecule has 6 rings (SSSR count). The van der Waals surface area contributed by atoms with Crippen LogP contribution in [0, 0.1) is 0 Å². The van der Waals surface area contributed by atoms with Crippen LogP contribution in [-0.2, 0) is 0 Å². The molecule has 4 aromatic heterocycles. The van der Waals surface area contributed by atoms with Gasteiger partial charge in [-0.25, -0.2) is 4.98 Å². The Morgan fingerprint density at radius 2 is 1.93 bits per heavy atom. The highest BCUT2D eigenvalue weighted by Crippen LogP contribution is 2.32. The Labute approximate surface area is 166 Å². The van der Waals surface area contributed by atoms with Gasteiger partial charge in [0.1, 0.15) is 11.2 Å². The molecule has 0 aliphatic carbocycles. The summed E-state index contributed by atoms with van der Waals surface area (Å²) >= 11 is 0. The number of benzene rings is 1. The van der Waals surface area contributed by atoms with Crippen LogP contribution < -0.4 is 4.90 Å². The minimum Gasteiger partial charge on any atom is -0.370 e. The molecular formula is C21H20N8. The summed E-state index contributed by atoms with van der Waals surface area (Å²) in [6.45, 7) is 2.18. The smallest absolute Gasteiger partial charge is 0.159 e. The zero-order valence-electron chi connectivity index (χ0n) is 15.8. The van der Waals surface area contributed by atoms with Crippen molar-refractivity contribution in [3.8, 4) is 22.8 Å². The third kappa shape index (κ3) is 2.67. The minimum atomic E-state index is 0.764. The molecule has 1 saturated heterocycles.